The summed E-state index contributed by atoms with van der Waals surface area (Å²) in [6, 6.07) is 5.17. The van der Waals surface area contributed by atoms with Crippen molar-refractivity contribution in [2.75, 3.05) is 24.4 Å². The third kappa shape index (κ3) is 3.65. The molecule has 0 saturated carbocycles. The van der Waals surface area contributed by atoms with Crippen molar-refractivity contribution in [1.29, 1.82) is 0 Å². The van der Waals surface area contributed by atoms with E-state index in [1.54, 1.807) is 0 Å². The van der Waals surface area contributed by atoms with E-state index >= 15 is 0 Å². The first kappa shape index (κ1) is 14.2. The number of hydrogen-bond acceptors (Lipinski definition) is 3. The summed E-state index contributed by atoms with van der Waals surface area (Å²) in [5.41, 5.74) is 0.339. The van der Waals surface area contributed by atoms with Gasteiger partial charge in [-0.3, -0.25) is 4.72 Å². The minimum atomic E-state index is -3.60. The number of nitrogens with zero attached hydrogens (tertiary/aromatic N) is 1. The fraction of sp³-hybridized carbons (Fsp3) is 0.500. The normalized spacial score (nSPS) is 18.4. The van der Waals surface area contributed by atoms with Crippen molar-refractivity contribution in [2.24, 2.45) is 5.92 Å². The van der Waals surface area contributed by atoms with Gasteiger partial charge in [0.2, 0.25) is 0 Å². The van der Waals surface area contributed by atoms with Crippen LogP contribution in [-0.4, -0.2) is 37.5 Å². The molecule has 7 heteroatoms. The highest BCUT2D eigenvalue weighted by Gasteiger charge is 2.27. The molecular formula is C12H17FN2O3S. The van der Waals surface area contributed by atoms with Gasteiger partial charge in [-0.25, -0.2) is 4.39 Å². The molecule has 2 N–H and O–H groups in total. The molecule has 1 aromatic carbocycles. The molecule has 5 nitrogen and oxygen atoms in total. The lowest BCUT2D eigenvalue weighted by Crippen LogP contribution is -2.42. The number of anilines is 1. The largest absolute Gasteiger partial charge is 0.396 e. The number of nitrogens with one attached hydrogen (secondary N) is 1. The number of piperidine rings is 1. The van der Waals surface area contributed by atoms with E-state index in [1.807, 2.05) is 0 Å². The number of hydrogen-bond donors (Lipinski definition) is 2. The van der Waals surface area contributed by atoms with Gasteiger partial charge in [-0.2, -0.15) is 12.7 Å². The van der Waals surface area contributed by atoms with Crippen LogP contribution in [0.15, 0.2) is 24.3 Å². The number of aliphatic hydroxyl groups excluding tert-OH is 1. The first-order valence-electron chi connectivity index (χ1n) is 6.15. The van der Waals surface area contributed by atoms with E-state index in [4.69, 9.17) is 5.11 Å². The lowest BCUT2D eigenvalue weighted by atomic mass is 10.00. The number of rotatable bonds is 4. The van der Waals surface area contributed by atoms with Crippen LogP contribution in [0.3, 0.4) is 0 Å². The van der Waals surface area contributed by atoms with Crippen molar-refractivity contribution in [1.82, 2.24) is 4.31 Å². The van der Waals surface area contributed by atoms with E-state index in [1.165, 1.54) is 28.6 Å². The van der Waals surface area contributed by atoms with Gasteiger partial charge in [-0.05, 0) is 43.0 Å². The van der Waals surface area contributed by atoms with E-state index in [-0.39, 0.29) is 12.5 Å². The van der Waals surface area contributed by atoms with Crippen molar-refractivity contribution < 1.29 is 17.9 Å². The Balaban J connectivity index is 2.01. The van der Waals surface area contributed by atoms with Crippen LogP contribution in [0.4, 0.5) is 10.1 Å². The Morgan fingerprint density at radius 1 is 1.26 bits per heavy atom. The minimum absolute atomic E-state index is 0.0965. The van der Waals surface area contributed by atoms with Gasteiger partial charge in [0.15, 0.2) is 0 Å². The van der Waals surface area contributed by atoms with E-state index in [2.05, 4.69) is 4.72 Å². The predicted octanol–water partition coefficient (Wildman–Crippen LogP) is 1.19. The SMILES string of the molecule is O=S(=O)(Nc1ccc(F)cc1)N1CCC(CO)CC1. The molecule has 19 heavy (non-hydrogen) atoms. The van der Waals surface area contributed by atoms with E-state index in [9.17, 15) is 12.8 Å². The van der Waals surface area contributed by atoms with Crippen LogP contribution >= 0.6 is 0 Å². The molecule has 0 unspecified atom stereocenters. The van der Waals surface area contributed by atoms with Crippen LogP contribution in [0, 0.1) is 11.7 Å². The highest BCUT2D eigenvalue weighted by atomic mass is 32.2. The summed E-state index contributed by atoms with van der Waals surface area (Å²) in [6.45, 7) is 0.878. The first-order valence-corrected chi connectivity index (χ1v) is 7.59. The molecule has 0 bridgehead atoms. The van der Waals surface area contributed by atoms with Crippen molar-refractivity contribution in [3.05, 3.63) is 30.1 Å². The Bertz CT molecular complexity index is 510. The van der Waals surface area contributed by atoms with Gasteiger partial charge in [0.05, 0.1) is 0 Å². The van der Waals surface area contributed by atoms with Crippen molar-refractivity contribution in [3.8, 4) is 0 Å². The molecule has 0 atom stereocenters. The van der Waals surface area contributed by atoms with Gasteiger partial charge in [0.25, 0.3) is 0 Å². The summed E-state index contributed by atoms with van der Waals surface area (Å²) < 4.78 is 40.7. The van der Waals surface area contributed by atoms with Gasteiger partial charge in [0, 0.05) is 25.4 Å². The second-order valence-corrected chi connectivity index (χ2v) is 6.31. The highest BCUT2D eigenvalue weighted by Crippen LogP contribution is 2.20. The molecule has 1 saturated heterocycles. The molecule has 1 heterocycles. The number of aliphatic hydroxyl groups is 1. The number of halogens is 1. The molecule has 1 fully saturated rings. The van der Waals surface area contributed by atoms with Gasteiger partial charge in [-0.1, -0.05) is 0 Å². The van der Waals surface area contributed by atoms with Crippen LogP contribution in [0.25, 0.3) is 0 Å². The molecule has 1 aromatic rings. The molecule has 106 valence electrons. The minimum Gasteiger partial charge on any atom is -0.396 e. The Labute approximate surface area is 112 Å². The average molecular weight is 288 g/mol. The zero-order valence-corrected chi connectivity index (χ0v) is 11.2. The zero-order chi connectivity index (χ0) is 13.9. The monoisotopic (exact) mass is 288 g/mol. The third-order valence-corrected chi connectivity index (χ3v) is 4.80. The molecule has 0 spiro atoms. The van der Waals surface area contributed by atoms with Gasteiger partial charge in [-0.15, -0.1) is 0 Å². The molecule has 2 rings (SSSR count). The van der Waals surface area contributed by atoms with Crippen molar-refractivity contribution in [2.45, 2.75) is 12.8 Å². The second kappa shape index (κ2) is 5.85. The Morgan fingerprint density at radius 3 is 2.37 bits per heavy atom. The maximum Gasteiger partial charge on any atom is 0.301 e. The number of benzene rings is 1. The van der Waals surface area contributed by atoms with Gasteiger partial charge in [0.1, 0.15) is 5.82 Å². The summed E-state index contributed by atoms with van der Waals surface area (Å²) in [6.07, 6.45) is 1.31. The van der Waals surface area contributed by atoms with Crippen LogP contribution in [0.1, 0.15) is 12.8 Å². The molecule has 0 radical (unpaired) electrons. The Hall–Kier alpha value is -1.18. The summed E-state index contributed by atoms with van der Waals surface area (Å²) in [4.78, 5) is 0. The molecule has 1 aliphatic heterocycles. The highest BCUT2D eigenvalue weighted by molar-refractivity contribution is 7.90. The second-order valence-electron chi connectivity index (χ2n) is 4.64. The fourth-order valence-electron chi connectivity index (χ4n) is 2.06. The molecule has 1 aliphatic rings. The molecule has 0 aromatic heterocycles. The van der Waals surface area contributed by atoms with Gasteiger partial charge < -0.3 is 5.11 Å². The van der Waals surface area contributed by atoms with E-state index < -0.39 is 16.0 Å². The molecular weight excluding hydrogens is 271 g/mol. The summed E-state index contributed by atoms with van der Waals surface area (Å²) in [7, 11) is -3.60. The zero-order valence-electron chi connectivity index (χ0n) is 10.4. The topological polar surface area (TPSA) is 69.6 Å². The quantitative estimate of drug-likeness (QED) is 0.874. The summed E-state index contributed by atoms with van der Waals surface area (Å²) >= 11 is 0. The van der Waals surface area contributed by atoms with Crippen LogP contribution < -0.4 is 4.72 Å². The van der Waals surface area contributed by atoms with Gasteiger partial charge >= 0.3 is 10.2 Å². The lowest BCUT2D eigenvalue weighted by molar-refractivity contribution is 0.170. The maximum atomic E-state index is 12.7. The fourth-order valence-corrected chi connectivity index (χ4v) is 3.32. The molecule has 0 amide bonds. The first-order chi connectivity index (χ1) is 9.01. The van der Waals surface area contributed by atoms with Crippen molar-refractivity contribution >= 4 is 15.9 Å². The predicted molar refractivity (Wildman–Crippen MR) is 70.3 cm³/mol. The smallest absolute Gasteiger partial charge is 0.301 e. The average Bonchev–Trinajstić information content (AvgIpc) is 2.41. The van der Waals surface area contributed by atoms with E-state index in [0.29, 0.717) is 31.6 Å². The van der Waals surface area contributed by atoms with Crippen LogP contribution in [-0.2, 0) is 10.2 Å². The van der Waals surface area contributed by atoms with Crippen LogP contribution in [0.2, 0.25) is 0 Å². The van der Waals surface area contributed by atoms with E-state index in [0.717, 1.165) is 0 Å². The third-order valence-electron chi connectivity index (χ3n) is 3.26. The van der Waals surface area contributed by atoms with Crippen LogP contribution in [0.5, 0.6) is 0 Å². The van der Waals surface area contributed by atoms with Crippen molar-refractivity contribution in [3.63, 3.8) is 0 Å². The molecule has 0 aliphatic carbocycles. The summed E-state index contributed by atoms with van der Waals surface area (Å²) in [5.74, 6) is -0.232. The standard InChI is InChI=1S/C12H17FN2O3S/c13-11-1-3-12(4-2-11)14-19(17,18)15-7-5-10(9-16)6-8-15/h1-4,10,14,16H,5-9H2. The lowest BCUT2D eigenvalue weighted by Gasteiger charge is -2.30. The summed E-state index contributed by atoms with van der Waals surface area (Å²) in [5, 5.41) is 9.02. The Kier molecular flexibility index (Phi) is 4.38. The maximum absolute atomic E-state index is 12.7. The Morgan fingerprint density at radius 2 is 1.84 bits per heavy atom.